The van der Waals surface area contributed by atoms with Crippen molar-refractivity contribution in [3.8, 4) is 0 Å². The summed E-state index contributed by atoms with van der Waals surface area (Å²) in [6.45, 7) is 5.12. The molecule has 3 amide bonds. The average molecular weight is 228 g/mol. The molecule has 0 unspecified atom stereocenters. The van der Waals surface area contributed by atoms with E-state index in [1.165, 1.54) is 14.0 Å². The Morgan fingerprint density at radius 1 is 1.38 bits per heavy atom. The van der Waals surface area contributed by atoms with E-state index < -0.39 is 24.1 Å². The first kappa shape index (κ1) is 12.5. The van der Waals surface area contributed by atoms with Crippen LogP contribution in [0.15, 0.2) is 0 Å². The van der Waals surface area contributed by atoms with Crippen LogP contribution in [0.1, 0.15) is 20.8 Å². The van der Waals surface area contributed by atoms with Crippen molar-refractivity contribution in [3.63, 3.8) is 0 Å². The minimum atomic E-state index is -0.888. The number of hydrogen-bond acceptors (Lipinski definition) is 4. The maximum absolute atomic E-state index is 11.9. The summed E-state index contributed by atoms with van der Waals surface area (Å²) in [6, 6.07) is -1.98. The van der Waals surface area contributed by atoms with Gasteiger partial charge in [0.2, 0.25) is 0 Å². The van der Waals surface area contributed by atoms with Gasteiger partial charge in [0.25, 0.3) is 5.91 Å². The van der Waals surface area contributed by atoms with Gasteiger partial charge < -0.3 is 10.1 Å². The number of urea groups is 1. The number of nitrogens with zero attached hydrogens (tertiary/aromatic N) is 1. The Hall–Kier alpha value is -1.59. The summed E-state index contributed by atoms with van der Waals surface area (Å²) < 4.78 is 4.50. The number of carbonyl (C=O) groups is 3. The molecule has 6 nitrogen and oxygen atoms in total. The predicted molar refractivity (Wildman–Crippen MR) is 55.5 cm³/mol. The van der Waals surface area contributed by atoms with Gasteiger partial charge in [-0.3, -0.25) is 4.79 Å². The van der Waals surface area contributed by atoms with Crippen molar-refractivity contribution >= 4 is 17.9 Å². The molecule has 2 atom stereocenters. The zero-order valence-electron chi connectivity index (χ0n) is 9.81. The first-order valence-corrected chi connectivity index (χ1v) is 5.11. The molecule has 6 heteroatoms. The van der Waals surface area contributed by atoms with Crippen LogP contribution in [0.4, 0.5) is 4.79 Å². The third-order valence-electron chi connectivity index (χ3n) is 2.60. The number of methoxy groups -OCH3 is 1. The minimum Gasteiger partial charge on any atom is -0.467 e. The van der Waals surface area contributed by atoms with Gasteiger partial charge in [-0.15, -0.1) is 0 Å². The van der Waals surface area contributed by atoms with E-state index in [1.54, 1.807) is 0 Å². The van der Waals surface area contributed by atoms with Crippen LogP contribution in [0.3, 0.4) is 0 Å². The van der Waals surface area contributed by atoms with Gasteiger partial charge >= 0.3 is 12.0 Å². The third kappa shape index (κ3) is 2.00. The van der Waals surface area contributed by atoms with Crippen molar-refractivity contribution in [1.29, 1.82) is 0 Å². The highest BCUT2D eigenvalue weighted by atomic mass is 16.5. The van der Waals surface area contributed by atoms with E-state index in [-0.39, 0.29) is 11.8 Å². The van der Waals surface area contributed by atoms with Crippen LogP contribution in [0.2, 0.25) is 0 Å². The molecule has 1 rings (SSSR count). The number of ether oxygens (including phenoxy) is 1. The molecule has 90 valence electrons. The van der Waals surface area contributed by atoms with E-state index in [4.69, 9.17) is 0 Å². The Bertz CT molecular complexity index is 327. The molecule has 0 spiro atoms. The second kappa shape index (κ2) is 4.51. The summed E-state index contributed by atoms with van der Waals surface area (Å²) >= 11 is 0. The van der Waals surface area contributed by atoms with Crippen molar-refractivity contribution in [3.05, 3.63) is 0 Å². The first-order valence-electron chi connectivity index (χ1n) is 5.11. The molecule has 1 fully saturated rings. The highest BCUT2D eigenvalue weighted by Crippen LogP contribution is 2.16. The number of hydrogen-bond donors (Lipinski definition) is 1. The molecule has 1 heterocycles. The molecule has 0 aromatic carbocycles. The second-order valence-electron chi connectivity index (χ2n) is 4.08. The van der Waals surface area contributed by atoms with Crippen molar-refractivity contribution < 1.29 is 19.1 Å². The van der Waals surface area contributed by atoms with Gasteiger partial charge in [0.15, 0.2) is 0 Å². The number of esters is 1. The summed E-state index contributed by atoms with van der Waals surface area (Å²) in [5.41, 5.74) is 0. The lowest BCUT2D eigenvalue weighted by atomic mass is 10.0. The van der Waals surface area contributed by atoms with E-state index in [0.717, 1.165) is 4.90 Å². The molecular weight excluding hydrogens is 212 g/mol. The number of rotatable bonds is 3. The molecule has 1 aliphatic rings. The molecule has 0 radical (unpaired) electrons. The van der Waals surface area contributed by atoms with Crippen LogP contribution in [0.25, 0.3) is 0 Å². The molecule has 0 aromatic heterocycles. The summed E-state index contributed by atoms with van der Waals surface area (Å²) in [7, 11) is 1.22. The van der Waals surface area contributed by atoms with E-state index in [2.05, 4.69) is 10.1 Å². The standard InChI is InChI=1S/C10H16N2O4/c1-5(2)7-8(13)12(10(15)11-7)6(3)9(14)16-4/h5-7H,1-4H3,(H,11,15)/t6-,7-/m0/s1. The average Bonchev–Trinajstić information content (AvgIpc) is 2.52. The summed E-state index contributed by atoms with van der Waals surface area (Å²) in [5.74, 6) is -0.989. The highest BCUT2D eigenvalue weighted by molar-refractivity contribution is 6.07. The third-order valence-corrected chi connectivity index (χ3v) is 2.60. The molecule has 1 N–H and O–H groups in total. The second-order valence-corrected chi connectivity index (χ2v) is 4.08. The SMILES string of the molecule is COC(=O)[C@H](C)N1C(=O)N[C@@H](C(C)C)C1=O. The van der Waals surface area contributed by atoms with E-state index in [1.807, 2.05) is 13.8 Å². The van der Waals surface area contributed by atoms with Crippen molar-refractivity contribution in [2.24, 2.45) is 5.92 Å². The fourth-order valence-corrected chi connectivity index (χ4v) is 1.61. The van der Waals surface area contributed by atoms with Gasteiger partial charge in [-0.05, 0) is 12.8 Å². The number of amides is 3. The molecule has 0 bridgehead atoms. The van der Waals surface area contributed by atoms with Gasteiger partial charge in [0.1, 0.15) is 12.1 Å². The van der Waals surface area contributed by atoms with Crippen LogP contribution in [-0.4, -0.2) is 42.0 Å². The molecular formula is C10H16N2O4. The highest BCUT2D eigenvalue weighted by Gasteiger charge is 2.44. The van der Waals surface area contributed by atoms with Gasteiger partial charge in [-0.2, -0.15) is 0 Å². The minimum absolute atomic E-state index is 0.00806. The molecule has 0 aromatic rings. The summed E-state index contributed by atoms with van der Waals surface area (Å²) in [4.78, 5) is 35.6. The predicted octanol–water partition coefficient (Wildman–Crippen LogP) is 0.124. The Kier molecular flexibility index (Phi) is 3.51. The lowest BCUT2D eigenvalue weighted by Gasteiger charge is -2.19. The topological polar surface area (TPSA) is 75.7 Å². The Balaban J connectivity index is 2.86. The molecule has 1 saturated heterocycles. The number of carbonyl (C=O) groups excluding carboxylic acids is 3. The van der Waals surface area contributed by atoms with E-state index >= 15 is 0 Å². The number of imide groups is 1. The van der Waals surface area contributed by atoms with Crippen LogP contribution in [0.5, 0.6) is 0 Å². The quantitative estimate of drug-likeness (QED) is 0.550. The maximum Gasteiger partial charge on any atom is 0.328 e. The summed E-state index contributed by atoms with van der Waals surface area (Å²) in [5, 5.41) is 2.54. The van der Waals surface area contributed by atoms with Crippen LogP contribution in [-0.2, 0) is 14.3 Å². The Labute approximate surface area is 93.9 Å². The van der Waals surface area contributed by atoms with E-state index in [9.17, 15) is 14.4 Å². The number of nitrogens with one attached hydrogen (secondary N) is 1. The van der Waals surface area contributed by atoms with Gasteiger partial charge in [0, 0.05) is 0 Å². The zero-order valence-corrected chi connectivity index (χ0v) is 9.81. The van der Waals surface area contributed by atoms with Crippen LogP contribution < -0.4 is 5.32 Å². The monoisotopic (exact) mass is 228 g/mol. The largest absolute Gasteiger partial charge is 0.467 e. The van der Waals surface area contributed by atoms with Gasteiger partial charge in [0.05, 0.1) is 7.11 Å². The first-order chi connectivity index (χ1) is 7.40. The lowest BCUT2D eigenvalue weighted by molar-refractivity contribution is -0.149. The fourth-order valence-electron chi connectivity index (χ4n) is 1.61. The fraction of sp³-hybridized carbons (Fsp3) is 0.700. The molecule has 1 aliphatic heterocycles. The van der Waals surface area contributed by atoms with Gasteiger partial charge in [-0.1, -0.05) is 13.8 Å². The molecule has 16 heavy (non-hydrogen) atoms. The Morgan fingerprint density at radius 3 is 2.31 bits per heavy atom. The van der Waals surface area contributed by atoms with Gasteiger partial charge in [-0.25, -0.2) is 14.5 Å². The molecule has 0 saturated carbocycles. The van der Waals surface area contributed by atoms with Crippen LogP contribution >= 0.6 is 0 Å². The zero-order chi connectivity index (χ0) is 12.5. The summed E-state index contributed by atoms with van der Waals surface area (Å²) in [6.07, 6.45) is 0. The lowest BCUT2D eigenvalue weighted by Crippen LogP contribution is -2.44. The van der Waals surface area contributed by atoms with E-state index in [0.29, 0.717) is 0 Å². The van der Waals surface area contributed by atoms with Crippen LogP contribution in [0, 0.1) is 5.92 Å². The normalized spacial score (nSPS) is 22.3. The molecule has 0 aliphatic carbocycles. The smallest absolute Gasteiger partial charge is 0.328 e. The van der Waals surface area contributed by atoms with Crippen molar-refractivity contribution in [1.82, 2.24) is 10.2 Å². The van der Waals surface area contributed by atoms with Crippen molar-refractivity contribution in [2.75, 3.05) is 7.11 Å². The maximum atomic E-state index is 11.9. The Morgan fingerprint density at radius 2 is 1.94 bits per heavy atom. The van der Waals surface area contributed by atoms with Crippen molar-refractivity contribution in [2.45, 2.75) is 32.9 Å².